The Labute approximate surface area is 215 Å². The van der Waals surface area contributed by atoms with Gasteiger partial charge < -0.3 is 34.5 Å². The highest BCUT2D eigenvalue weighted by Crippen LogP contribution is 2.27. The molecule has 0 aliphatic carbocycles. The highest BCUT2D eigenvalue weighted by Gasteiger charge is 2.22. The van der Waals surface area contributed by atoms with Crippen molar-refractivity contribution in [2.24, 2.45) is 0 Å². The van der Waals surface area contributed by atoms with Gasteiger partial charge in [-0.1, -0.05) is 0 Å². The number of hydrogen-bond acceptors (Lipinski definition) is 7. The fourth-order valence-corrected chi connectivity index (χ4v) is 3.10. The molecule has 3 amide bonds. The molecule has 0 saturated carbocycles. The van der Waals surface area contributed by atoms with Crippen LogP contribution in [0.15, 0.2) is 18.2 Å². The molecule has 0 spiro atoms. The molecule has 0 unspecified atom stereocenters. The molecule has 10 nitrogen and oxygen atoms in total. The van der Waals surface area contributed by atoms with Gasteiger partial charge in [-0.3, -0.25) is 4.79 Å². The summed E-state index contributed by atoms with van der Waals surface area (Å²) < 4.78 is 21.2. The molecule has 1 aromatic rings. The molecule has 0 aliphatic heterocycles. The van der Waals surface area contributed by atoms with Crippen molar-refractivity contribution in [3.05, 3.63) is 23.8 Å². The minimum Gasteiger partial charge on any atom is -0.493 e. The molecule has 0 atom stereocenters. The Morgan fingerprint density at radius 3 is 1.94 bits per heavy atom. The van der Waals surface area contributed by atoms with E-state index in [2.05, 4.69) is 10.6 Å². The monoisotopic (exact) mass is 509 g/mol. The van der Waals surface area contributed by atoms with Crippen LogP contribution >= 0.6 is 0 Å². The van der Waals surface area contributed by atoms with E-state index < -0.39 is 23.4 Å². The fourth-order valence-electron chi connectivity index (χ4n) is 3.10. The Balaban J connectivity index is 2.54. The third-order valence-electron chi connectivity index (χ3n) is 4.71. The Bertz CT molecular complexity index is 860. The zero-order chi connectivity index (χ0) is 27.4. The molecule has 204 valence electrons. The molecule has 1 aromatic carbocycles. The topological polar surface area (TPSA) is 115 Å². The Morgan fingerprint density at radius 2 is 1.36 bits per heavy atom. The van der Waals surface area contributed by atoms with Gasteiger partial charge in [0.1, 0.15) is 11.2 Å². The maximum atomic E-state index is 12.7. The van der Waals surface area contributed by atoms with E-state index in [0.717, 1.165) is 0 Å². The van der Waals surface area contributed by atoms with Crippen LogP contribution in [0.3, 0.4) is 0 Å². The van der Waals surface area contributed by atoms with Gasteiger partial charge in [-0.2, -0.15) is 0 Å². The SMILES string of the molecule is COc1ccc(C(=O)NCCCN(CCCCNC(=O)OC(C)(C)C)C(=O)OC(C)(C)C)cc1OC. The number of nitrogens with one attached hydrogen (secondary N) is 2. The van der Waals surface area contributed by atoms with Gasteiger partial charge in [0.15, 0.2) is 11.5 Å². The van der Waals surface area contributed by atoms with E-state index in [-0.39, 0.29) is 5.91 Å². The number of benzene rings is 1. The lowest BCUT2D eigenvalue weighted by Crippen LogP contribution is -2.39. The number of unbranched alkanes of at least 4 members (excludes halogenated alkanes) is 1. The summed E-state index contributed by atoms with van der Waals surface area (Å²) in [7, 11) is 3.05. The maximum absolute atomic E-state index is 12.7. The highest BCUT2D eigenvalue weighted by molar-refractivity contribution is 5.94. The van der Waals surface area contributed by atoms with E-state index in [9.17, 15) is 14.4 Å². The zero-order valence-corrected chi connectivity index (χ0v) is 23.0. The van der Waals surface area contributed by atoms with Crippen molar-refractivity contribution in [2.45, 2.75) is 72.0 Å². The first-order valence-corrected chi connectivity index (χ1v) is 12.2. The molecule has 0 heterocycles. The van der Waals surface area contributed by atoms with Crippen LogP contribution in [0.25, 0.3) is 0 Å². The molecule has 0 radical (unpaired) electrons. The van der Waals surface area contributed by atoms with Crippen molar-refractivity contribution in [3.8, 4) is 11.5 Å². The normalized spacial score (nSPS) is 11.3. The largest absolute Gasteiger partial charge is 0.493 e. The lowest BCUT2D eigenvalue weighted by Gasteiger charge is -2.27. The number of methoxy groups -OCH3 is 2. The number of alkyl carbamates (subject to hydrolysis) is 1. The molecular weight excluding hydrogens is 466 g/mol. The number of amides is 3. The third-order valence-corrected chi connectivity index (χ3v) is 4.71. The van der Waals surface area contributed by atoms with E-state index in [1.807, 2.05) is 41.5 Å². The zero-order valence-electron chi connectivity index (χ0n) is 23.0. The van der Waals surface area contributed by atoms with E-state index in [4.69, 9.17) is 18.9 Å². The number of nitrogens with zero attached hydrogens (tertiary/aromatic N) is 1. The number of rotatable bonds is 12. The second-order valence-electron chi connectivity index (χ2n) is 10.3. The van der Waals surface area contributed by atoms with Crippen molar-refractivity contribution in [1.82, 2.24) is 15.5 Å². The van der Waals surface area contributed by atoms with Crippen molar-refractivity contribution in [3.63, 3.8) is 0 Å². The van der Waals surface area contributed by atoms with E-state index in [1.54, 1.807) is 23.1 Å². The Kier molecular flexibility index (Phi) is 12.3. The maximum Gasteiger partial charge on any atom is 0.410 e. The minimum atomic E-state index is -0.616. The van der Waals surface area contributed by atoms with Crippen LogP contribution in [0.2, 0.25) is 0 Å². The molecule has 0 aliphatic rings. The molecule has 0 aromatic heterocycles. The summed E-state index contributed by atoms with van der Waals surface area (Å²) in [6.45, 7) is 12.6. The minimum absolute atomic E-state index is 0.243. The lowest BCUT2D eigenvalue weighted by molar-refractivity contribution is 0.0243. The summed E-state index contributed by atoms with van der Waals surface area (Å²) >= 11 is 0. The summed E-state index contributed by atoms with van der Waals surface area (Å²) in [4.78, 5) is 38.6. The van der Waals surface area contributed by atoms with Crippen LogP contribution in [-0.4, -0.2) is 74.6 Å². The second kappa shape index (κ2) is 14.4. The van der Waals surface area contributed by atoms with Gasteiger partial charge >= 0.3 is 12.2 Å². The van der Waals surface area contributed by atoms with Crippen LogP contribution in [-0.2, 0) is 9.47 Å². The number of carbonyl (C=O) groups is 3. The first-order valence-electron chi connectivity index (χ1n) is 12.2. The molecular formula is C26H43N3O7. The average Bonchev–Trinajstić information content (AvgIpc) is 2.77. The molecule has 2 N–H and O–H groups in total. The van der Waals surface area contributed by atoms with Crippen LogP contribution in [0.4, 0.5) is 9.59 Å². The number of carbonyl (C=O) groups excluding carboxylic acids is 3. The predicted molar refractivity (Wildman–Crippen MR) is 138 cm³/mol. The molecule has 10 heteroatoms. The first-order chi connectivity index (χ1) is 16.8. The van der Waals surface area contributed by atoms with E-state index in [1.165, 1.54) is 14.2 Å². The van der Waals surface area contributed by atoms with Gasteiger partial charge in [0, 0.05) is 31.7 Å². The van der Waals surface area contributed by atoms with Crippen LogP contribution in [0.1, 0.15) is 71.2 Å². The number of hydrogen-bond donors (Lipinski definition) is 2. The van der Waals surface area contributed by atoms with Crippen LogP contribution in [0.5, 0.6) is 11.5 Å². The van der Waals surface area contributed by atoms with Gasteiger partial charge in [-0.15, -0.1) is 0 Å². The quantitative estimate of drug-likeness (QED) is 0.402. The van der Waals surface area contributed by atoms with E-state index >= 15 is 0 Å². The van der Waals surface area contributed by atoms with Gasteiger partial charge in [0.05, 0.1) is 14.2 Å². The van der Waals surface area contributed by atoms with Gasteiger partial charge in [-0.25, -0.2) is 9.59 Å². The Hall–Kier alpha value is -3.17. The first kappa shape index (κ1) is 30.9. The highest BCUT2D eigenvalue weighted by atomic mass is 16.6. The van der Waals surface area contributed by atoms with Gasteiger partial charge in [-0.05, 0) is 79.0 Å². The summed E-state index contributed by atoms with van der Waals surface area (Å²) in [5.74, 6) is 0.777. The smallest absolute Gasteiger partial charge is 0.410 e. The average molecular weight is 510 g/mol. The van der Waals surface area contributed by atoms with Crippen LogP contribution < -0.4 is 20.1 Å². The summed E-state index contributed by atoms with van der Waals surface area (Å²) in [6, 6.07) is 4.96. The molecule has 1 rings (SSSR count). The van der Waals surface area contributed by atoms with Crippen molar-refractivity contribution in [2.75, 3.05) is 40.4 Å². The van der Waals surface area contributed by atoms with Crippen molar-refractivity contribution in [1.29, 1.82) is 0 Å². The number of ether oxygens (including phenoxy) is 4. The molecule has 36 heavy (non-hydrogen) atoms. The molecule has 0 fully saturated rings. The van der Waals surface area contributed by atoms with Crippen LogP contribution in [0, 0.1) is 0 Å². The second-order valence-corrected chi connectivity index (χ2v) is 10.3. The molecule has 0 saturated heterocycles. The van der Waals surface area contributed by atoms with E-state index in [0.29, 0.717) is 62.5 Å². The standard InChI is InChI=1S/C26H43N3O7/c1-25(2,3)35-23(31)28-14-9-10-16-29(24(32)36-26(4,5)6)17-11-15-27-22(30)19-12-13-20(33-7)21(18-19)34-8/h12-13,18H,9-11,14-17H2,1-8H3,(H,27,30)(H,28,31). The third kappa shape index (κ3) is 12.5. The lowest BCUT2D eigenvalue weighted by atomic mass is 10.2. The van der Waals surface area contributed by atoms with Gasteiger partial charge in [0.2, 0.25) is 0 Å². The predicted octanol–water partition coefficient (Wildman–Crippen LogP) is 4.37. The van der Waals surface area contributed by atoms with Crippen molar-refractivity contribution < 1.29 is 33.3 Å². The summed E-state index contributed by atoms with van der Waals surface area (Å²) in [5.41, 5.74) is -0.712. The fraction of sp³-hybridized carbons (Fsp3) is 0.654. The van der Waals surface area contributed by atoms with Crippen molar-refractivity contribution >= 4 is 18.1 Å². The Morgan fingerprint density at radius 1 is 0.778 bits per heavy atom. The summed E-state index contributed by atoms with van der Waals surface area (Å²) in [5, 5.41) is 5.58. The summed E-state index contributed by atoms with van der Waals surface area (Å²) in [6.07, 6.45) is 1.03. The van der Waals surface area contributed by atoms with Gasteiger partial charge in [0.25, 0.3) is 5.91 Å². The molecule has 0 bridgehead atoms.